The molecule has 2 fully saturated rings. The summed E-state index contributed by atoms with van der Waals surface area (Å²) in [5.74, 6) is 1.97. The van der Waals surface area contributed by atoms with E-state index < -0.39 is 0 Å². The Morgan fingerprint density at radius 2 is 1.64 bits per heavy atom. The summed E-state index contributed by atoms with van der Waals surface area (Å²) in [6, 6.07) is 0. The Labute approximate surface area is 86.1 Å². The molecule has 2 unspecified atom stereocenters. The summed E-state index contributed by atoms with van der Waals surface area (Å²) in [4.78, 5) is 16.2. The molecule has 0 bridgehead atoms. The van der Waals surface area contributed by atoms with Crippen molar-refractivity contribution in [3.63, 3.8) is 0 Å². The molecule has 0 radical (unpaired) electrons. The predicted octanol–water partition coefficient (Wildman–Crippen LogP) is 0.662. The quantitative estimate of drug-likeness (QED) is 0.615. The molecule has 0 aromatic carbocycles. The maximum atomic E-state index is 11.8. The zero-order valence-corrected chi connectivity index (χ0v) is 9.36. The van der Waals surface area contributed by atoms with Gasteiger partial charge in [0.05, 0.1) is 0 Å². The number of hydrogen-bond donors (Lipinski definition) is 0. The molecule has 2 atom stereocenters. The molecule has 80 valence electrons. The van der Waals surface area contributed by atoms with Crippen molar-refractivity contribution in [1.82, 2.24) is 9.80 Å². The van der Waals surface area contributed by atoms with E-state index >= 15 is 0 Å². The molecule has 2 heterocycles. The van der Waals surface area contributed by atoms with Crippen molar-refractivity contribution in [2.24, 2.45) is 17.8 Å². The Balaban J connectivity index is 1.94. The van der Waals surface area contributed by atoms with Gasteiger partial charge >= 0.3 is 0 Å². The van der Waals surface area contributed by atoms with E-state index in [4.69, 9.17) is 0 Å². The van der Waals surface area contributed by atoms with Crippen LogP contribution in [0.25, 0.3) is 0 Å². The summed E-state index contributed by atoms with van der Waals surface area (Å²) in [7, 11) is 2.17. The zero-order valence-electron chi connectivity index (χ0n) is 9.36. The number of rotatable bonds is 1. The second-order valence-electron chi connectivity index (χ2n) is 5.14. The van der Waals surface area contributed by atoms with Crippen LogP contribution in [0.5, 0.6) is 0 Å². The lowest BCUT2D eigenvalue weighted by atomic mass is 10.0. The predicted molar refractivity (Wildman–Crippen MR) is 55.9 cm³/mol. The molecule has 0 saturated carbocycles. The van der Waals surface area contributed by atoms with Gasteiger partial charge in [0.2, 0.25) is 5.91 Å². The van der Waals surface area contributed by atoms with E-state index in [-0.39, 0.29) is 5.92 Å². The van der Waals surface area contributed by atoms with Gasteiger partial charge in [-0.05, 0) is 18.9 Å². The van der Waals surface area contributed by atoms with Gasteiger partial charge in [-0.2, -0.15) is 0 Å². The SMILES string of the molecule is CC(C)C(=O)N1CC2CN(C)CC2C1. The summed E-state index contributed by atoms with van der Waals surface area (Å²) in [5.41, 5.74) is 0. The lowest BCUT2D eigenvalue weighted by Gasteiger charge is -2.21. The molecule has 0 spiro atoms. The molecule has 3 heteroatoms. The molecular weight excluding hydrogens is 176 g/mol. The van der Waals surface area contributed by atoms with Crippen LogP contribution in [0.3, 0.4) is 0 Å². The van der Waals surface area contributed by atoms with Crippen LogP contribution in [0.15, 0.2) is 0 Å². The lowest BCUT2D eigenvalue weighted by Crippen LogP contribution is -2.34. The lowest BCUT2D eigenvalue weighted by molar-refractivity contribution is -0.133. The van der Waals surface area contributed by atoms with Gasteiger partial charge < -0.3 is 9.80 Å². The third-order valence-electron chi connectivity index (χ3n) is 3.47. The van der Waals surface area contributed by atoms with Gasteiger partial charge in [0.25, 0.3) is 0 Å². The van der Waals surface area contributed by atoms with Crippen LogP contribution in [0.4, 0.5) is 0 Å². The maximum absolute atomic E-state index is 11.8. The molecule has 0 N–H and O–H groups in total. The minimum Gasteiger partial charge on any atom is -0.342 e. The van der Waals surface area contributed by atoms with Crippen LogP contribution in [0.1, 0.15) is 13.8 Å². The molecule has 1 amide bonds. The molecule has 2 saturated heterocycles. The Hall–Kier alpha value is -0.570. The summed E-state index contributed by atoms with van der Waals surface area (Å²) in [6.45, 7) is 8.31. The van der Waals surface area contributed by atoms with E-state index in [1.54, 1.807) is 0 Å². The topological polar surface area (TPSA) is 23.6 Å². The van der Waals surface area contributed by atoms with Crippen molar-refractivity contribution in [2.45, 2.75) is 13.8 Å². The van der Waals surface area contributed by atoms with Crippen LogP contribution in [0.2, 0.25) is 0 Å². The number of carbonyl (C=O) groups is 1. The van der Waals surface area contributed by atoms with Crippen LogP contribution in [-0.4, -0.2) is 48.9 Å². The number of fused-ring (bicyclic) bond motifs is 1. The van der Waals surface area contributed by atoms with Gasteiger partial charge in [0.15, 0.2) is 0 Å². The summed E-state index contributed by atoms with van der Waals surface area (Å²) in [5, 5.41) is 0. The van der Waals surface area contributed by atoms with Gasteiger partial charge in [-0.25, -0.2) is 0 Å². The normalized spacial score (nSPS) is 32.7. The zero-order chi connectivity index (χ0) is 10.3. The minimum atomic E-state index is 0.159. The van der Waals surface area contributed by atoms with E-state index in [0.717, 1.165) is 24.9 Å². The first kappa shape index (κ1) is 9.97. The highest BCUT2D eigenvalue weighted by Crippen LogP contribution is 2.30. The fraction of sp³-hybridized carbons (Fsp3) is 0.909. The van der Waals surface area contributed by atoms with E-state index in [9.17, 15) is 4.79 Å². The first-order chi connectivity index (χ1) is 6.58. The number of nitrogens with zero attached hydrogens (tertiary/aromatic N) is 2. The van der Waals surface area contributed by atoms with Crippen molar-refractivity contribution in [1.29, 1.82) is 0 Å². The second-order valence-corrected chi connectivity index (χ2v) is 5.14. The average Bonchev–Trinajstić information content (AvgIpc) is 2.59. The molecule has 2 rings (SSSR count). The molecule has 2 aliphatic rings. The van der Waals surface area contributed by atoms with Gasteiger partial charge in [0.1, 0.15) is 0 Å². The van der Waals surface area contributed by atoms with E-state index in [2.05, 4.69) is 16.8 Å². The summed E-state index contributed by atoms with van der Waals surface area (Å²) in [6.07, 6.45) is 0. The van der Waals surface area contributed by atoms with Crippen molar-refractivity contribution >= 4 is 5.91 Å². The van der Waals surface area contributed by atoms with Crippen LogP contribution >= 0.6 is 0 Å². The molecule has 0 aromatic heterocycles. The largest absolute Gasteiger partial charge is 0.342 e. The first-order valence-corrected chi connectivity index (χ1v) is 5.55. The molecule has 0 aromatic rings. The fourth-order valence-corrected chi connectivity index (χ4v) is 2.77. The number of carbonyl (C=O) groups excluding carboxylic acids is 1. The smallest absolute Gasteiger partial charge is 0.225 e. The highest BCUT2D eigenvalue weighted by atomic mass is 16.2. The van der Waals surface area contributed by atoms with Crippen molar-refractivity contribution in [3.05, 3.63) is 0 Å². The van der Waals surface area contributed by atoms with E-state index in [1.807, 2.05) is 13.8 Å². The van der Waals surface area contributed by atoms with Crippen LogP contribution in [-0.2, 0) is 4.79 Å². The number of amides is 1. The maximum Gasteiger partial charge on any atom is 0.225 e. The van der Waals surface area contributed by atoms with E-state index in [1.165, 1.54) is 13.1 Å². The van der Waals surface area contributed by atoms with E-state index in [0.29, 0.717) is 5.91 Å². The standard InChI is InChI=1S/C11H20N2O/c1-8(2)11(14)13-6-9-4-12(3)5-10(9)7-13/h8-10H,4-7H2,1-3H3. The van der Waals surface area contributed by atoms with Crippen LogP contribution in [0, 0.1) is 17.8 Å². The second kappa shape index (κ2) is 3.54. The Morgan fingerprint density at radius 3 is 2.07 bits per heavy atom. The average molecular weight is 196 g/mol. The minimum absolute atomic E-state index is 0.159. The summed E-state index contributed by atoms with van der Waals surface area (Å²) >= 11 is 0. The highest BCUT2D eigenvalue weighted by Gasteiger charge is 2.40. The molecule has 3 nitrogen and oxygen atoms in total. The molecular formula is C11H20N2O. The number of hydrogen-bond acceptors (Lipinski definition) is 2. The van der Waals surface area contributed by atoms with Gasteiger partial charge in [0, 0.05) is 32.1 Å². The third-order valence-corrected chi connectivity index (χ3v) is 3.47. The fourth-order valence-electron chi connectivity index (χ4n) is 2.77. The van der Waals surface area contributed by atoms with Crippen LogP contribution < -0.4 is 0 Å². The van der Waals surface area contributed by atoms with Crippen molar-refractivity contribution in [3.8, 4) is 0 Å². The van der Waals surface area contributed by atoms with Gasteiger partial charge in [-0.15, -0.1) is 0 Å². The van der Waals surface area contributed by atoms with Gasteiger partial charge in [-0.1, -0.05) is 13.8 Å². The van der Waals surface area contributed by atoms with Crippen molar-refractivity contribution < 1.29 is 4.79 Å². The number of likely N-dealkylation sites (tertiary alicyclic amines) is 2. The Kier molecular flexibility index (Phi) is 2.52. The summed E-state index contributed by atoms with van der Waals surface area (Å²) < 4.78 is 0. The Bertz CT molecular complexity index is 225. The molecule has 0 aliphatic carbocycles. The van der Waals surface area contributed by atoms with Crippen molar-refractivity contribution in [2.75, 3.05) is 33.2 Å². The van der Waals surface area contributed by atoms with Gasteiger partial charge in [-0.3, -0.25) is 4.79 Å². The monoisotopic (exact) mass is 196 g/mol. The third kappa shape index (κ3) is 1.65. The molecule has 2 aliphatic heterocycles. The molecule has 14 heavy (non-hydrogen) atoms. The first-order valence-electron chi connectivity index (χ1n) is 5.55. The highest BCUT2D eigenvalue weighted by molar-refractivity contribution is 5.78. The Morgan fingerprint density at radius 1 is 1.14 bits per heavy atom.